The second kappa shape index (κ2) is 4.33. The zero-order valence-corrected chi connectivity index (χ0v) is 6.51. The fourth-order valence-electron chi connectivity index (χ4n) is 0.699. The molecule has 2 radical (unpaired) electrons. The molecule has 0 heterocycles. The summed E-state index contributed by atoms with van der Waals surface area (Å²) in [5.41, 5.74) is 6.53. The summed E-state index contributed by atoms with van der Waals surface area (Å²) in [6.07, 6.45) is 2.56. The first-order chi connectivity index (χ1) is 5.83. The second-order valence-electron chi connectivity index (χ2n) is 2.13. The molecule has 12 heavy (non-hydrogen) atoms. The highest BCUT2D eigenvalue weighted by molar-refractivity contribution is 6.32. The predicted octanol–water partition coefficient (Wildman–Crippen LogP) is 0.127. The Balaban J connectivity index is 2.70. The first-order valence-corrected chi connectivity index (χ1v) is 3.44. The third-order valence-electron chi connectivity index (χ3n) is 1.25. The first-order valence-electron chi connectivity index (χ1n) is 3.44. The Morgan fingerprint density at radius 2 is 1.92 bits per heavy atom. The maximum atomic E-state index is 5.48. The molecule has 1 aromatic carbocycles. The summed E-state index contributed by atoms with van der Waals surface area (Å²) in [6.45, 7) is 0. The van der Waals surface area contributed by atoms with Crippen molar-refractivity contribution < 1.29 is 0 Å². The Kier molecular flexibility index (Phi) is 3.08. The van der Waals surface area contributed by atoms with E-state index in [9.17, 15) is 0 Å². The van der Waals surface area contributed by atoms with Crippen molar-refractivity contribution in [1.82, 2.24) is 0 Å². The topological polar surface area (TPSA) is 50.7 Å². The number of aliphatic imine (C=N–C) groups is 2. The monoisotopic (exact) mass is 157 g/mol. The van der Waals surface area contributed by atoms with Crippen molar-refractivity contribution in [3.8, 4) is 0 Å². The van der Waals surface area contributed by atoms with E-state index in [2.05, 4.69) is 9.98 Å². The smallest absolute Gasteiger partial charge is 0.117 e. The van der Waals surface area contributed by atoms with Gasteiger partial charge < -0.3 is 5.73 Å². The maximum Gasteiger partial charge on any atom is 0.117 e. The van der Waals surface area contributed by atoms with Crippen LogP contribution in [0.25, 0.3) is 0 Å². The Morgan fingerprint density at radius 3 is 2.50 bits per heavy atom. The quantitative estimate of drug-likeness (QED) is 0.370. The molecule has 0 aliphatic rings. The number of benzene rings is 1. The van der Waals surface area contributed by atoms with Crippen LogP contribution in [0.5, 0.6) is 0 Å². The van der Waals surface area contributed by atoms with E-state index in [0.717, 1.165) is 11.2 Å². The molecule has 0 atom stereocenters. The number of hydrogen-bond donors (Lipinski definition) is 1. The Labute approximate surface area is 72.4 Å². The highest BCUT2D eigenvalue weighted by atomic mass is 14.9. The molecule has 58 valence electrons. The molecular formula is C8H8BN3. The molecular weight excluding hydrogens is 149 g/mol. The van der Waals surface area contributed by atoms with Gasteiger partial charge in [-0.2, -0.15) is 0 Å². The van der Waals surface area contributed by atoms with Crippen LogP contribution in [0.15, 0.2) is 34.3 Å². The lowest BCUT2D eigenvalue weighted by Gasteiger charge is -1.92. The molecule has 0 aliphatic heterocycles. The van der Waals surface area contributed by atoms with Crippen molar-refractivity contribution in [3.63, 3.8) is 0 Å². The van der Waals surface area contributed by atoms with E-state index in [4.69, 9.17) is 13.6 Å². The highest BCUT2D eigenvalue weighted by Crippen LogP contribution is 2.06. The highest BCUT2D eigenvalue weighted by Gasteiger charge is 1.84. The van der Waals surface area contributed by atoms with Crippen LogP contribution < -0.4 is 11.2 Å². The fourth-order valence-corrected chi connectivity index (χ4v) is 0.699. The average Bonchev–Trinajstić information content (AvgIpc) is 2.09. The number of nitrogens with two attached hydrogens (primary N) is 1. The van der Waals surface area contributed by atoms with Crippen molar-refractivity contribution in [2.24, 2.45) is 15.7 Å². The van der Waals surface area contributed by atoms with Crippen LogP contribution in [0, 0.1) is 0 Å². The van der Waals surface area contributed by atoms with Gasteiger partial charge in [-0.05, 0) is 12.1 Å². The summed E-state index contributed by atoms with van der Waals surface area (Å²) in [5.74, 6) is 0. The van der Waals surface area contributed by atoms with Crippen LogP contribution in [0.4, 0.5) is 5.69 Å². The lowest BCUT2D eigenvalue weighted by atomic mass is 9.96. The van der Waals surface area contributed by atoms with E-state index >= 15 is 0 Å². The molecule has 0 unspecified atom stereocenters. The first kappa shape index (κ1) is 8.52. The molecule has 1 rings (SSSR count). The molecule has 0 fully saturated rings. The standard InChI is InChI=1S/C8H8BN3/c9-7-1-3-8(4-2-7)12-6-11-5-10/h1-6H,(H2,10,11,12). The van der Waals surface area contributed by atoms with Gasteiger partial charge in [-0.1, -0.05) is 17.6 Å². The van der Waals surface area contributed by atoms with Crippen molar-refractivity contribution in [1.29, 1.82) is 0 Å². The summed E-state index contributed by atoms with van der Waals surface area (Å²) in [6, 6.07) is 7.16. The lowest BCUT2D eigenvalue weighted by Crippen LogP contribution is -1.97. The van der Waals surface area contributed by atoms with Crippen molar-refractivity contribution in [3.05, 3.63) is 24.3 Å². The van der Waals surface area contributed by atoms with Gasteiger partial charge in [0, 0.05) is 0 Å². The number of rotatable bonds is 2. The van der Waals surface area contributed by atoms with Gasteiger partial charge in [-0.15, -0.1) is 0 Å². The predicted molar refractivity (Wildman–Crippen MR) is 52.7 cm³/mol. The summed E-state index contributed by atoms with van der Waals surface area (Å²) < 4.78 is 0. The number of nitrogens with zero attached hydrogens (tertiary/aromatic N) is 2. The van der Waals surface area contributed by atoms with Crippen LogP contribution in [0.3, 0.4) is 0 Å². The maximum absolute atomic E-state index is 5.48. The third-order valence-corrected chi connectivity index (χ3v) is 1.25. The average molecular weight is 157 g/mol. The zero-order chi connectivity index (χ0) is 8.81. The van der Waals surface area contributed by atoms with E-state index in [-0.39, 0.29) is 0 Å². The van der Waals surface area contributed by atoms with Gasteiger partial charge in [-0.3, -0.25) is 0 Å². The molecule has 0 saturated heterocycles. The Hall–Kier alpha value is -1.58. The van der Waals surface area contributed by atoms with Gasteiger partial charge in [0.15, 0.2) is 0 Å². The molecule has 1 aromatic rings. The molecule has 0 aromatic heterocycles. The molecule has 0 saturated carbocycles. The molecule has 0 aliphatic carbocycles. The largest absolute Gasteiger partial charge is 0.390 e. The van der Waals surface area contributed by atoms with Gasteiger partial charge in [-0.25, -0.2) is 9.98 Å². The van der Waals surface area contributed by atoms with Gasteiger partial charge in [0.25, 0.3) is 0 Å². The van der Waals surface area contributed by atoms with Crippen molar-refractivity contribution in [2.75, 3.05) is 0 Å². The second-order valence-corrected chi connectivity index (χ2v) is 2.13. The van der Waals surface area contributed by atoms with E-state index in [1.54, 1.807) is 24.3 Å². The molecule has 4 heteroatoms. The minimum absolute atomic E-state index is 0.719. The third kappa shape index (κ3) is 2.58. The van der Waals surface area contributed by atoms with Crippen LogP contribution in [-0.4, -0.2) is 20.5 Å². The van der Waals surface area contributed by atoms with E-state index < -0.39 is 0 Å². The fraction of sp³-hybridized carbons (Fsp3) is 0. The van der Waals surface area contributed by atoms with Crippen molar-refractivity contribution in [2.45, 2.75) is 0 Å². The molecule has 0 spiro atoms. The van der Waals surface area contributed by atoms with E-state index in [0.29, 0.717) is 0 Å². The summed E-state index contributed by atoms with van der Waals surface area (Å²) in [7, 11) is 5.48. The number of hydrogen-bond acceptors (Lipinski definition) is 1. The summed E-state index contributed by atoms with van der Waals surface area (Å²) >= 11 is 0. The van der Waals surface area contributed by atoms with Crippen LogP contribution >= 0.6 is 0 Å². The lowest BCUT2D eigenvalue weighted by molar-refractivity contribution is 1.52. The van der Waals surface area contributed by atoms with Gasteiger partial charge in [0.1, 0.15) is 14.2 Å². The van der Waals surface area contributed by atoms with Crippen LogP contribution in [0.2, 0.25) is 0 Å². The molecule has 3 nitrogen and oxygen atoms in total. The SMILES string of the molecule is [B]c1ccc(N=CN=CN)cc1. The molecule has 0 amide bonds. The van der Waals surface area contributed by atoms with E-state index in [1.807, 2.05) is 0 Å². The van der Waals surface area contributed by atoms with Gasteiger partial charge >= 0.3 is 0 Å². The minimum atomic E-state index is 0.719. The summed E-state index contributed by atoms with van der Waals surface area (Å²) in [4.78, 5) is 7.60. The van der Waals surface area contributed by atoms with Crippen LogP contribution in [-0.2, 0) is 0 Å². The minimum Gasteiger partial charge on any atom is -0.390 e. The Morgan fingerprint density at radius 1 is 1.25 bits per heavy atom. The van der Waals surface area contributed by atoms with Crippen molar-refractivity contribution >= 4 is 31.7 Å². The zero-order valence-electron chi connectivity index (χ0n) is 6.51. The van der Waals surface area contributed by atoms with Crippen LogP contribution in [0.1, 0.15) is 0 Å². The Bertz CT molecular complexity index is 290. The molecule has 0 bridgehead atoms. The van der Waals surface area contributed by atoms with E-state index in [1.165, 1.54) is 12.7 Å². The van der Waals surface area contributed by atoms with Gasteiger partial charge in [0.05, 0.1) is 12.0 Å². The normalized spacial score (nSPS) is 11.3. The van der Waals surface area contributed by atoms with Gasteiger partial charge in [0.2, 0.25) is 0 Å². The summed E-state index contributed by atoms with van der Waals surface area (Å²) in [5, 5.41) is 0. The molecule has 2 N–H and O–H groups in total.